The number of nitrogens with one attached hydrogen (secondary N) is 2. The van der Waals surface area contributed by atoms with Crippen LogP contribution in [-0.4, -0.2) is 18.9 Å². The summed E-state index contributed by atoms with van der Waals surface area (Å²) in [5, 5.41) is 10.1. The molecule has 0 radical (unpaired) electrons. The van der Waals surface area contributed by atoms with E-state index >= 15 is 0 Å². The number of aliphatic hydroxyl groups is 1. The molecule has 0 aliphatic carbocycles. The summed E-state index contributed by atoms with van der Waals surface area (Å²) in [7, 11) is 0. The van der Waals surface area contributed by atoms with Crippen molar-refractivity contribution in [1.82, 2.24) is 4.98 Å². The van der Waals surface area contributed by atoms with Crippen LogP contribution < -0.4 is 4.72 Å². The van der Waals surface area contributed by atoms with Crippen LogP contribution >= 0.6 is 0 Å². The number of aromatic amines is 1. The first-order valence-electron chi connectivity index (χ1n) is 5.95. The minimum Gasteiger partial charge on any atom is -0.755 e. The number of benzene rings is 1. The van der Waals surface area contributed by atoms with Crippen LogP contribution in [0.2, 0.25) is 0 Å². The average Bonchev–Trinajstić information content (AvgIpc) is 2.92. The average molecular weight is 297 g/mol. The SMILES string of the molecule is O=S([O-])Nc1ccc(CF)c(CC(O)c2ccc[nH]2)c1. The van der Waals surface area contributed by atoms with Crippen LogP contribution in [0.25, 0.3) is 0 Å². The molecule has 0 aliphatic heterocycles. The highest BCUT2D eigenvalue weighted by molar-refractivity contribution is 7.80. The molecule has 0 aliphatic rings. The molecule has 1 heterocycles. The van der Waals surface area contributed by atoms with E-state index in [1.54, 1.807) is 18.3 Å². The first kappa shape index (κ1) is 14.7. The van der Waals surface area contributed by atoms with Crippen molar-refractivity contribution in [3.05, 3.63) is 53.3 Å². The minimum atomic E-state index is -2.44. The third kappa shape index (κ3) is 3.66. The Labute approximate surface area is 118 Å². The van der Waals surface area contributed by atoms with E-state index in [-0.39, 0.29) is 6.42 Å². The first-order valence-corrected chi connectivity index (χ1v) is 7.02. The highest BCUT2D eigenvalue weighted by atomic mass is 32.2. The highest BCUT2D eigenvalue weighted by Crippen LogP contribution is 2.23. The maximum Gasteiger partial charge on any atom is 0.115 e. The largest absolute Gasteiger partial charge is 0.755 e. The molecule has 1 aromatic heterocycles. The number of hydrogen-bond acceptors (Lipinski definition) is 3. The molecule has 7 heteroatoms. The normalized spacial score (nSPS) is 13.9. The molecule has 5 nitrogen and oxygen atoms in total. The van der Waals surface area contributed by atoms with E-state index in [4.69, 9.17) is 0 Å². The van der Waals surface area contributed by atoms with Crippen molar-refractivity contribution in [2.24, 2.45) is 0 Å². The molecule has 0 bridgehead atoms. The fraction of sp³-hybridized carbons (Fsp3) is 0.231. The predicted molar refractivity (Wildman–Crippen MR) is 73.3 cm³/mol. The Morgan fingerprint density at radius 3 is 2.80 bits per heavy atom. The summed E-state index contributed by atoms with van der Waals surface area (Å²) in [6.45, 7) is -0.673. The third-order valence-corrected chi connectivity index (χ3v) is 3.35. The van der Waals surface area contributed by atoms with Gasteiger partial charge in [-0.25, -0.2) is 4.39 Å². The van der Waals surface area contributed by atoms with Crippen molar-refractivity contribution in [2.45, 2.75) is 19.2 Å². The molecule has 2 unspecified atom stereocenters. The predicted octanol–water partition coefficient (Wildman–Crippen LogP) is 1.97. The maximum atomic E-state index is 12.9. The van der Waals surface area contributed by atoms with E-state index in [0.29, 0.717) is 22.5 Å². The Balaban J connectivity index is 2.21. The molecular formula is C13H14FN2O3S-. The molecule has 3 N–H and O–H groups in total. The molecule has 2 rings (SSSR count). The quantitative estimate of drug-likeness (QED) is 0.712. The molecule has 2 aromatic rings. The fourth-order valence-corrected chi connectivity index (χ4v) is 2.30. The molecule has 0 amide bonds. The Morgan fingerprint density at radius 2 is 2.20 bits per heavy atom. The van der Waals surface area contributed by atoms with Crippen LogP contribution in [0.15, 0.2) is 36.5 Å². The number of aromatic nitrogens is 1. The van der Waals surface area contributed by atoms with Gasteiger partial charge in [0, 0.05) is 35.3 Å². The van der Waals surface area contributed by atoms with Crippen LogP contribution in [0.1, 0.15) is 22.9 Å². The Kier molecular flexibility index (Phi) is 4.89. The van der Waals surface area contributed by atoms with Gasteiger partial charge in [-0.3, -0.25) is 4.21 Å². The molecule has 0 saturated heterocycles. The van der Waals surface area contributed by atoms with E-state index in [1.807, 2.05) is 0 Å². The summed E-state index contributed by atoms with van der Waals surface area (Å²) in [6, 6.07) is 8.00. The van der Waals surface area contributed by atoms with Crippen LogP contribution in [0.5, 0.6) is 0 Å². The van der Waals surface area contributed by atoms with Gasteiger partial charge in [-0.2, -0.15) is 0 Å². The first-order chi connectivity index (χ1) is 9.60. The number of alkyl halides is 1. The summed E-state index contributed by atoms with van der Waals surface area (Å²) in [4.78, 5) is 2.88. The number of aliphatic hydroxyl groups excluding tert-OH is 1. The van der Waals surface area contributed by atoms with E-state index in [1.165, 1.54) is 18.2 Å². The lowest BCUT2D eigenvalue weighted by Crippen LogP contribution is -2.07. The summed E-state index contributed by atoms with van der Waals surface area (Å²) in [5.41, 5.74) is 1.95. The van der Waals surface area contributed by atoms with E-state index in [2.05, 4.69) is 9.71 Å². The van der Waals surface area contributed by atoms with Crippen molar-refractivity contribution in [3.63, 3.8) is 0 Å². The lowest BCUT2D eigenvalue weighted by atomic mass is 10.00. The van der Waals surface area contributed by atoms with Crippen molar-refractivity contribution in [3.8, 4) is 0 Å². The highest BCUT2D eigenvalue weighted by Gasteiger charge is 2.13. The van der Waals surface area contributed by atoms with Crippen molar-refractivity contribution in [2.75, 3.05) is 4.72 Å². The topological polar surface area (TPSA) is 88.2 Å². The number of anilines is 1. The van der Waals surface area contributed by atoms with Crippen LogP contribution in [0, 0.1) is 0 Å². The summed E-state index contributed by atoms with van der Waals surface area (Å²) >= 11 is -2.44. The zero-order valence-corrected chi connectivity index (χ0v) is 11.3. The second-order valence-electron chi connectivity index (χ2n) is 4.30. The van der Waals surface area contributed by atoms with E-state index < -0.39 is 24.0 Å². The van der Waals surface area contributed by atoms with Gasteiger partial charge >= 0.3 is 0 Å². The zero-order chi connectivity index (χ0) is 14.5. The van der Waals surface area contributed by atoms with Crippen molar-refractivity contribution < 1.29 is 18.3 Å². The molecule has 1 aromatic carbocycles. The second kappa shape index (κ2) is 6.65. The zero-order valence-electron chi connectivity index (χ0n) is 10.5. The van der Waals surface area contributed by atoms with Gasteiger partial charge in [-0.1, -0.05) is 6.07 Å². The monoisotopic (exact) mass is 297 g/mol. The molecule has 2 atom stereocenters. The second-order valence-corrected chi connectivity index (χ2v) is 4.97. The molecule has 0 saturated carbocycles. The summed E-state index contributed by atoms with van der Waals surface area (Å²) in [5.74, 6) is 0. The molecule has 0 spiro atoms. The number of halogens is 1. The summed E-state index contributed by atoms with van der Waals surface area (Å²) in [6.07, 6.45) is 1.08. The maximum absolute atomic E-state index is 12.9. The molecular weight excluding hydrogens is 283 g/mol. The standard InChI is InChI=1S/C13H15FN2O3S/c14-8-9-3-4-11(16-20(18)19)6-10(9)7-13(17)12-2-1-5-15-12/h1-6,13,15-17H,7-8H2,(H,18,19)/p-1. The van der Waals surface area contributed by atoms with Gasteiger partial charge in [-0.05, 0) is 35.4 Å². The van der Waals surface area contributed by atoms with Gasteiger partial charge in [0.05, 0.1) is 6.10 Å². The van der Waals surface area contributed by atoms with Crippen molar-refractivity contribution in [1.29, 1.82) is 0 Å². The third-order valence-electron chi connectivity index (χ3n) is 2.95. The number of H-pyrrole nitrogens is 1. The van der Waals surface area contributed by atoms with E-state index in [9.17, 15) is 18.3 Å². The number of rotatable bonds is 6. The lowest BCUT2D eigenvalue weighted by Gasteiger charge is -2.15. The van der Waals surface area contributed by atoms with Gasteiger partial charge in [0.15, 0.2) is 0 Å². The Bertz CT molecular complexity index is 589. The molecule has 0 fully saturated rings. The lowest BCUT2D eigenvalue weighted by molar-refractivity contribution is 0.174. The van der Waals surface area contributed by atoms with Crippen LogP contribution in [0.3, 0.4) is 0 Å². The van der Waals surface area contributed by atoms with Gasteiger partial charge < -0.3 is 19.4 Å². The van der Waals surface area contributed by atoms with Crippen LogP contribution in [0.4, 0.5) is 10.1 Å². The summed E-state index contributed by atoms with van der Waals surface area (Å²) < 4.78 is 36.4. The fourth-order valence-electron chi connectivity index (χ4n) is 1.98. The van der Waals surface area contributed by atoms with Crippen LogP contribution in [-0.2, 0) is 24.4 Å². The molecule has 108 valence electrons. The Hall–Kier alpha value is -1.70. The van der Waals surface area contributed by atoms with Gasteiger partial charge in [0.1, 0.15) is 6.67 Å². The Morgan fingerprint density at radius 1 is 1.40 bits per heavy atom. The number of hydrogen-bond donors (Lipinski definition) is 3. The van der Waals surface area contributed by atoms with Gasteiger partial charge in [0.2, 0.25) is 0 Å². The van der Waals surface area contributed by atoms with E-state index in [0.717, 1.165) is 0 Å². The molecule has 20 heavy (non-hydrogen) atoms. The van der Waals surface area contributed by atoms with Gasteiger partial charge in [0.25, 0.3) is 0 Å². The minimum absolute atomic E-state index is 0.195. The van der Waals surface area contributed by atoms with Crippen molar-refractivity contribution >= 4 is 17.0 Å². The smallest absolute Gasteiger partial charge is 0.115 e. The van der Waals surface area contributed by atoms with Gasteiger partial charge in [-0.15, -0.1) is 0 Å².